The first kappa shape index (κ1) is 20.0. The summed E-state index contributed by atoms with van der Waals surface area (Å²) >= 11 is 0. The average Bonchev–Trinajstić information content (AvgIpc) is 2.58. The lowest BCUT2D eigenvalue weighted by atomic mass is 9.86. The summed E-state index contributed by atoms with van der Waals surface area (Å²) < 4.78 is 0. The summed E-state index contributed by atoms with van der Waals surface area (Å²) in [5.41, 5.74) is 13.0. The van der Waals surface area contributed by atoms with E-state index in [-0.39, 0.29) is 10.8 Å². The molecule has 0 aromatic heterocycles. The summed E-state index contributed by atoms with van der Waals surface area (Å²) in [5, 5.41) is 0. The van der Waals surface area contributed by atoms with Gasteiger partial charge in [0, 0.05) is 12.7 Å². The van der Waals surface area contributed by atoms with Gasteiger partial charge in [-0.3, -0.25) is 4.99 Å². The summed E-state index contributed by atoms with van der Waals surface area (Å²) in [6.07, 6.45) is 1.96. The number of rotatable bonds is 3. The number of aliphatic imine (C=N–C) groups is 1. The minimum absolute atomic E-state index is 0.141. The fourth-order valence-corrected chi connectivity index (χ4v) is 2.81. The van der Waals surface area contributed by atoms with Crippen molar-refractivity contribution in [3.8, 4) is 0 Å². The molecule has 0 heterocycles. The van der Waals surface area contributed by atoms with Crippen molar-refractivity contribution in [2.75, 3.05) is 7.05 Å². The molecule has 138 valence electrons. The molecule has 0 bridgehead atoms. The Hall–Kier alpha value is -2.35. The number of nitrogens with two attached hydrogens (primary N) is 1. The largest absolute Gasteiger partial charge is 0.398 e. The van der Waals surface area contributed by atoms with Gasteiger partial charge in [0.05, 0.1) is 5.71 Å². The van der Waals surface area contributed by atoms with Crippen molar-refractivity contribution in [1.29, 1.82) is 0 Å². The molecule has 2 heteroatoms. The molecule has 0 amide bonds. The molecule has 2 N–H and O–H groups in total. The van der Waals surface area contributed by atoms with Crippen LogP contribution in [0.25, 0.3) is 5.70 Å². The van der Waals surface area contributed by atoms with E-state index in [0.29, 0.717) is 0 Å². The van der Waals surface area contributed by atoms with Crippen molar-refractivity contribution >= 4 is 11.4 Å². The molecule has 26 heavy (non-hydrogen) atoms. The lowest BCUT2D eigenvalue weighted by Gasteiger charge is -2.19. The van der Waals surface area contributed by atoms with E-state index in [1.807, 2.05) is 6.08 Å². The summed E-state index contributed by atoms with van der Waals surface area (Å²) in [4.78, 5) is 4.43. The van der Waals surface area contributed by atoms with Gasteiger partial charge >= 0.3 is 0 Å². The third-order valence-corrected chi connectivity index (χ3v) is 4.66. The predicted octanol–water partition coefficient (Wildman–Crippen LogP) is 5.70. The van der Waals surface area contributed by atoms with E-state index in [1.54, 1.807) is 7.05 Å². The second-order valence-electron chi connectivity index (χ2n) is 8.86. The predicted molar refractivity (Wildman–Crippen MR) is 115 cm³/mol. The Balaban J connectivity index is 2.28. The maximum absolute atomic E-state index is 6.35. The average molecular weight is 349 g/mol. The van der Waals surface area contributed by atoms with Crippen LogP contribution in [0.15, 0.2) is 59.6 Å². The van der Waals surface area contributed by atoms with Gasteiger partial charge in [0.2, 0.25) is 0 Å². The summed E-state index contributed by atoms with van der Waals surface area (Å²) in [6, 6.07) is 17.1. The van der Waals surface area contributed by atoms with Crippen LogP contribution in [0.2, 0.25) is 0 Å². The highest BCUT2D eigenvalue weighted by Crippen LogP contribution is 2.24. The Morgan fingerprint density at radius 2 is 1.12 bits per heavy atom. The minimum atomic E-state index is 0.141. The Morgan fingerprint density at radius 3 is 1.46 bits per heavy atom. The van der Waals surface area contributed by atoms with Crippen LogP contribution in [0.1, 0.15) is 63.8 Å². The maximum atomic E-state index is 6.35. The van der Waals surface area contributed by atoms with Gasteiger partial charge in [-0.1, -0.05) is 90.1 Å². The van der Waals surface area contributed by atoms with Crippen molar-refractivity contribution in [2.45, 2.75) is 52.4 Å². The number of hydrogen-bond acceptors (Lipinski definition) is 2. The smallest absolute Gasteiger partial charge is 0.0663 e. The van der Waals surface area contributed by atoms with Crippen LogP contribution < -0.4 is 5.73 Å². The SMILES string of the molecule is CN=C(C=C(N)c1ccc(C(C)(C)C)cc1)c1ccc(C(C)(C)C)cc1. The second-order valence-corrected chi connectivity index (χ2v) is 8.86. The van der Waals surface area contributed by atoms with Gasteiger partial charge in [-0.2, -0.15) is 0 Å². The number of allylic oxidation sites excluding steroid dienone is 1. The molecule has 0 aliphatic rings. The quantitative estimate of drug-likeness (QED) is 0.710. The first-order valence-corrected chi connectivity index (χ1v) is 9.18. The molecule has 2 rings (SSSR count). The van der Waals surface area contributed by atoms with E-state index in [9.17, 15) is 0 Å². The van der Waals surface area contributed by atoms with Crippen molar-refractivity contribution in [2.24, 2.45) is 10.7 Å². The third kappa shape index (κ3) is 4.85. The fourth-order valence-electron chi connectivity index (χ4n) is 2.81. The van der Waals surface area contributed by atoms with E-state index in [0.717, 1.165) is 22.5 Å². The van der Waals surface area contributed by atoms with Gasteiger partial charge in [-0.15, -0.1) is 0 Å². The fraction of sp³-hybridized carbons (Fsp3) is 0.375. The van der Waals surface area contributed by atoms with Gasteiger partial charge < -0.3 is 5.73 Å². The monoisotopic (exact) mass is 348 g/mol. The zero-order chi connectivity index (χ0) is 19.5. The highest BCUT2D eigenvalue weighted by Gasteiger charge is 2.14. The van der Waals surface area contributed by atoms with Crippen molar-refractivity contribution in [3.05, 3.63) is 76.9 Å². The van der Waals surface area contributed by atoms with E-state index >= 15 is 0 Å². The molecule has 0 aliphatic carbocycles. The lowest BCUT2D eigenvalue weighted by Crippen LogP contribution is -2.12. The Bertz CT molecular complexity index is 793. The molecule has 0 saturated carbocycles. The van der Waals surface area contributed by atoms with E-state index in [4.69, 9.17) is 5.73 Å². The first-order valence-electron chi connectivity index (χ1n) is 9.18. The Labute approximate surface area is 158 Å². The van der Waals surface area contributed by atoms with Crippen molar-refractivity contribution < 1.29 is 0 Å². The maximum Gasteiger partial charge on any atom is 0.0663 e. The van der Waals surface area contributed by atoms with Crippen LogP contribution in [0.4, 0.5) is 0 Å². The van der Waals surface area contributed by atoms with E-state index < -0.39 is 0 Å². The van der Waals surface area contributed by atoms with Crippen LogP contribution in [0.3, 0.4) is 0 Å². The molecule has 2 nitrogen and oxygen atoms in total. The molecule has 0 radical (unpaired) electrons. The van der Waals surface area contributed by atoms with Crippen molar-refractivity contribution in [1.82, 2.24) is 0 Å². The molecule has 2 aromatic rings. The summed E-state index contributed by atoms with van der Waals surface area (Å²) in [5.74, 6) is 0. The Kier molecular flexibility index (Phi) is 5.75. The molecule has 0 saturated heterocycles. The molecule has 0 unspecified atom stereocenters. The minimum Gasteiger partial charge on any atom is -0.398 e. The van der Waals surface area contributed by atoms with Crippen molar-refractivity contribution in [3.63, 3.8) is 0 Å². The number of benzene rings is 2. The molecule has 2 aromatic carbocycles. The normalized spacial score (nSPS) is 13.8. The summed E-state index contributed by atoms with van der Waals surface area (Å²) in [7, 11) is 1.81. The molecule has 0 fully saturated rings. The zero-order valence-electron chi connectivity index (χ0n) is 17.2. The lowest BCUT2D eigenvalue weighted by molar-refractivity contribution is 0.590. The highest BCUT2D eigenvalue weighted by molar-refractivity contribution is 6.12. The molecule has 0 atom stereocenters. The second kappa shape index (κ2) is 7.49. The van der Waals surface area contributed by atoms with Gasteiger partial charge in [0.1, 0.15) is 0 Å². The topological polar surface area (TPSA) is 38.4 Å². The Morgan fingerprint density at radius 1 is 0.731 bits per heavy atom. The van der Waals surface area contributed by atoms with Gasteiger partial charge in [-0.25, -0.2) is 0 Å². The van der Waals surface area contributed by atoms with Crippen LogP contribution in [-0.4, -0.2) is 12.8 Å². The van der Waals surface area contributed by atoms with Gasteiger partial charge in [0.25, 0.3) is 0 Å². The van der Waals surface area contributed by atoms with Crippen LogP contribution >= 0.6 is 0 Å². The van der Waals surface area contributed by atoms with Gasteiger partial charge in [0.15, 0.2) is 0 Å². The standard InChI is InChI=1S/C24H32N2/c1-23(2,3)19-12-8-17(9-13-19)21(25)16-22(26-7)18-10-14-20(15-11-18)24(4,5)6/h8-16H,25H2,1-7H3. The molecular formula is C24H32N2. The number of nitrogens with zero attached hydrogens (tertiary/aromatic N) is 1. The third-order valence-electron chi connectivity index (χ3n) is 4.66. The molecule has 0 spiro atoms. The molecular weight excluding hydrogens is 316 g/mol. The van der Waals surface area contributed by atoms with Crippen LogP contribution in [-0.2, 0) is 10.8 Å². The molecule has 0 aliphatic heterocycles. The van der Waals surface area contributed by atoms with E-state index in [2.05, 4.69) is 95.1 Å². The van der Waals surface area contributed by atoms with Crippen LogP contribution in [0.5, 0.6) is 0 Å². The number of hydrogen-bond donors (Lipinski definition) is 1. The van der Waals surface area contributed by atoms with Crippen LogP contribution in [0, 0.1) is 0 Å². The summed E-state index contributed by atoms with van der Waals surface area (Å²) in [6.45, 7) is 13.3. The zero-order valence-corrected chi connectivity index (χ0v) is 17.2. The highest BCUT2D eigenvalue weighted by atomic mass is 14.7. The van der Waals surface area contributed by atoms with E-state index in [1.165, 1.54) is 11.1 Å². The van der Waals surface area contributed by atoms with Gasteiger partial charge in [-0.05, 0) is 39.2 Å². The first-order chi connectivity index (χ1) is 12.0.